The number of halogens is 2. The highest BCUT2D eigenvalue weighted by Crippen LogP contribution is 2.74. The Morgan fingerprint density at radius 1 is 1.16 bits per heavy atom. The first-order valence-corrected chi connectivity index (χ1v) is 10.6. The second-order valence-corrected chi connectivity index (χ2v) is 9.58. The van der Waals surface area contributed by atoms with Gasteiger partial charge in [0.1, 0.15) is 17.3 Å². The van der Waals surface area contributed by atoms with E-state index in [-0.39, 0.29) is 11.3 Å². The van der Waals surface area contributed by atoms with Crippen LogP contribution in [-0.4, -0.2) is 26.7 Å². The van der Waals surface area contributed by atoms with Crippen molar-refractivity contribution in [3.63, 3.8) is 0 Å². The van der Waals surface area contributed by atoms with E-state index in [4.69, 9.17) is 0 Å². The van der Waals surface area contributed by atoms with Crippen molar-refractivity contribution in [2.24, 2.45) is 15.9 Å². The third-order valence-corrected chi connectivity index (χ3v) is 7.15. The summed E-state index contributed by atoms with van der Waals surface area (Å²) in [7, 11) is 0. The van der Waals surface area contributed by atoms with Crippen LogP contribution in [0.4, 0.5) is 8.78 Å². The molecule has 1 aliphatic heterocycles. The Kier molecular flexibility index (Phi) is 3.74. The monoisotopic (exact) mass is 420 g/mol. The van der Waals surface area contributed by atoms with Crippen LogP contribution in [0, 0.1) is 29.4 Å². The molecule has 7 heteroatoms. The lowest BCUT2D eigenvalue weighted by Crippen LogP contribution is -2.68. The molecule has 3 saturated carbocycles. The topological polar surface area (TPSA) is 50.5 Å². The standard InChI is InChI=1S/C24H22F2N4O/c1-15-6-16-3-5-29(21(16)27-10-15)14-23-11-24(12-23,13-23)22(31)30-20(2-4-28-30)17-7-18(25)9-19(26)8-17/h3-10,20H,2,11-14H2,1H3. The van der Waals surface area contributed by atoms with E-state index >= 15 is 0 Å². The third-order valence-electron chi connectivity index (χ3n) is 7.15. The first-order chi connectivity index (χ1) is 14.9. The number of benzene rings is 1. The fourth-order valence-electron chi connectivity index (χ4n) is 5.97. The highest BCUT2D eigenvalue weighted by Gasteiger charge is 2.72. The van der Waals surface area contributed by atoms with Gasteiger partial charge in [-0.3, -0.25) is 4.79 Å². The van der Waals surface area contributed by atoms with Gasteiger partial charge in [-0.1, -0.05) is 0 Å². The van der Waals surface area contributed by atoms with Crippen molar-refractivity contribution in [2.45, 2.75) is 45.2 Å². The van der Waals surface area contributed by atoms with Crippen LogP contribution < -0.4 is 0 Å². The number of hydrazone groups is 1. The summed E-state index contributed by atoms with van der Waals surface area (Å²) in [6.07, 6.45) is 8.54. The van der Waals surface area contributed by atoms with Gasteiger partial charge in [-0.05, 0) is 67.0 Å². The fourth-order valence-corrected chi connectivity index (χ4v) is 5.97. The minimum atomic E-state index is -0.637. The predicted octanol–water partition coefficient (Wildman–Crippen LogP) is 4.75. The Bertz CT molecular complexity index is 1220. The van der Waals surface area contributed by atoms with Crippen LogP contribution in [-0.2, 0) is 11.3 Å². The Balaban J connectivity index is 1.18. The van der Waals surface area contributed by atoms with E-state index in [1.807, 2.05) is 13.1 Å². The highest BCUT2D eigenvalue weighted by molar-refractivity contribution is 5.88. The van der Waals surface area contributed by atoms with Crippen molar-refractivity contribution in [3.05, 3.63) is 65.5 Å². The number of rotatable bonds is 4. The number of carbonyl (C=O) groups is 1. The minimum absolute atomic E-state index is 0.0242. The largest absolute Gasteiger partial charge is 0.332 e. The SMILES string of the molecule is Cc1cnc2c(ccn2CC23CC(C(=O)N4N=CCC4c4cc(F)cc(F)c4)(C2)C3)c1. The number of hydrogen-bond donors (Lipinski definition) is 0. The molecule has 7 rings (SSSR count). The van der Waals surface area contributed by atoms with Crippen molar-refractivity contribution in [3.8, 4) is 0 Å². The van der Waals surface area contributed by atoms with Crippen LogP contribution in [0.2, 0.25) is 0 Å². The number of aryl methyl sites for hydroxylation is 1. The molecule has 3 heterocycles. The predicted molar refractivity (Wildman–Crippen MR) is 112 cm³/mol. The molecule has 0 saturated heterocycles. The summed E-state index contributed by atoms with van der Waals surface area (Å²) < 4.78 is 29.6. The Morgan fingerprint density at radius 3 is 2.65 bits per heavy atom. The number of carbonyl (C=O) groups excluding carboxylic acids is 1. The molecule has 1 amide bonds. The van der Waals surface area contributed by atoms with E-state index in [0.717, 1.165) is 48.5 Å². The molecule has 158 valence electrons. The van der Waals surface area contributed by atoms with Gasteiger partial charge < -0.3 is 4.57 Å². The Labute approximate surface area is 178 Å². The molecule has 2 aromatic heterocycles. The minimum Gasteiger partial charge on any atom is -0.332 e. The lowest BCUT2D eigenvalue weighted by atomic mass is 9.34. The van der Waals surface area contributed by atoms with Crippen molar-refractivity contribution in [1.82, 2.24) is 14.6 Å². The van der Waals surface area contributed by atoms with Gasteiger partial charge in [0.15, 0.2) is 0 Å². The number of hydrogen-bond acceptors (Lipinski definition) is 3. The first-order valence-electron chi connectivity index (χ1n) is 10.6. The van der Waals surface area contributed by atoms with Gasteiger partial charge in [0.25, 0.3) is 0 Å². The summed E-state index contributed by atoms with van der Waals surface area (Å²) in [6, 6.07) is 7.20. The van der Waals surface area contributed by atoms with Crippen LogP contribution in [0.1, 0.15) is 42.9 Å². The second kappa shape index (κ2) is 6.22. The zero-order chi connectivity index (χ0) is 21.4. The molecule has 2 bridgehead atoms. The van der Waals surface area contributed by atoms with Crippen molar-refractivity contribution in [1.29, 1.82) is 0 Å². The zero-order valence-electron chi connectivity index (χ0n) is 17.2. The van der Waals surface area contributed by atoms with Crippen LogP contribution in [0.3, 0.4) is 0 Å². The smallest absolute Gasteiger partial charge is 0.249 e. The van der Waals surface area contributed by atoms with Crippen LogP contribution in [0.25, 0.3) is 11.0 Å². The van der Waals surface area contributed by atoms with Crippen LogP contribution in [0.5, 0.6) is 0 Å². The van der Waals surface area contributed by atoms with Crippen LogP contribution >= 0.6 is 0 Å². The molecule has 0 spiro atoms. The number of pyridine rings is 1. The molecule has 31 heavy (non-hydrogen) atoms. The van der Waals surface area contributed by atoms with E-state index in [1.54, 1.807) is 6.21 Å². The van der Waals surface area contributed by atoms with Gasteiger partial charge in [0, 0.05) is 43.0 Å². The number of fused-ring (bicyclic) bond motifs is 1. The normalized spacial score (nSPS) is 28.6. The molecule has 3 aliphatic carbocycles. The van der Waals surface area contributed by atoms with E-state index in [0.29, 0.717) is 12.0 Å². The van der Waals surface area contributed by atoms with Crippen molar-refractivity contribution >= 4 is 23.2 Å². The Morgan fingerprint density at radius 2 is 1.90 bits per heavy atom. The molecular weight excluding hydrogens is 398 g/mol. The Hall–Kier alpha value is -3.09. The quantitative estimate of drug-likeness (QED) is 0.612. The summed E-state index contributed by atoms with van der Waals surface area (Å²) in [5, 5.41) is 6.86. The maximum Gasteiger partial charge on any atom is 0.249 e. The van der Waals surface area contributed by atoms with E-state index in [2.05, 4.69) is 33.0 Å². The highest BCUT2D eigenvalue weighted by atomic mass is 19.1. The van der Waals surface area contributed by atoms with Gasteiger partial charge in [-0.25, -0.2) is 18.8 Å². The maximum absolute atomic E-state index is 13.7. The van der Waals surface area contributed by atoms with E-state index < -0.39 is 23.1 Å². The molecule has 1 atom stereocenters. The molecular formula is C24H22F2N4O. The second-order valence-electron chi connectivity index (χ2n) is 9.58. The molecule has 5 nitrogen and oxygen atoms in total. The van der Waals surface area contributed by atoms with Gasteiger partial charge in [0.05, 0.1) is 11.5 Å². The lowest BCUT2D eigenvalue weighted by Gasteiger charge is -2.70. The van der Waals surface area contributed by atoms with E-state index in [1.165, 1.54) is 17.1 Å². The van der Waals surface area contributed by atoms with E-state index in [9.17, 15) is 13.6 Å². The summed E-state index contributed by atoms with van der Waals surface area (Å²) >= 11 is 0. The molecule has 0 radical (unpaired) electrons. The van der Waals surface area contributed by atoms with Gasteiger partial charge in [-0.15, -0.1) is 0 Å². The molecule has 4 aliphatic rings. The number of aromatic nitrogens is 2. The molecule has 0 N–H and O–H groups in total. The summed E-state index contributed by atoms with van der Waals surface area (Å²) in [4.78, 5) is 17.9. The van der Waals surface area contributed by atoms with Gasteiger partial charge in [-0.2, -0.15) is 5.10 Å². The first kappa shape index (κ1) is 18.7. The summed E-state index contributed by atoms with van der Waals surface area (Å²) in [5.74, 6) is -1.30. The fraction of sp³-hybridized carbons (Fsp3) is 0.375. The number of amides is 1. The maximum atomic E-state index is 13.7. The number of nitrogens with zero attached hydrogens (tertiary/aromatic N) is 4. The summed E-state index contributed by atoms with van der Waals surface area (Å²) in [6.45, 7) is 2.88. The van der Waals surface area contributed by atoms with Crippen molar-refractivity contribution in [2.75, 3.05) is 0 Å². The van der Waals surface area contributed by atoms with Crippen LogP contribution in [0.15, 0.2) is 47.8 Å². The van der Waals surface area contributed by atoms with Gasteiger partial charge in [0.2, 0.25) is 5.91 Å². The molecule has 1 aromatic carbocycles. The van der Waals surface area contributed by atoms with Crippen molar-refractivity contribution < 1.29 is 13.6 Å². The summed E-state index contributed by atoms with van der Waals surface area (Å²) in [5.41, 5.74) is 2.30. The zero-order valence-corrected chi connectivity index (χ0v) is 17.2. The van der Waals surface area contributed by atoms with Gasteiger partial charge >= 0.3 is 0 Å². The molecule has 3 fully saturated rings. The average molecular weight is 420 g/mol. The average Bonchev–Trinajstić information content (AvgIpc) is 3.29. The lowest BCUT2D eigenvalue weighted by molar-refractivity contribution is -0.222. The molecule has 1 unspecified atom stereocenters. The molecule has 3 aromatic rings. The third kappa shape index (κ3) is 2.75.